The van der Waals surface area contributed by atoms with E-state index in [4.69, 9.17) is 14.4 Å². The summed E-state index contributed by atoms with van der Waals surface area (Å²) >= 11 is 0. The van der Waals surface area contributed by atoms with Gasteiger partial charge in [-0.2, -0.15) is 0 Å². The molecule has 2 aromatic heterocycles. The van der Waals surface area contributed by atoms with Crippen LogP contribution in [0.1, 0.15) is 25.0 Å². The largest absolute Gasteiger partial charge is 0.456 e. The normalized spacial score (nSPS) is 13.2. The van der Waals surface area contributed by atoms with E-state index in [9.17, 15) is 0 Å². The molecule has 9 rings (SSSR count). The maximum Gasteiger partial charge on any atom is 0.160 e. The second kappa shape index (κ2) is 10.1. The molecule has 0 spiro atoms. The topological polar surface area (TPSA) is 38.9 Å². The van der Waals surface area contributed by atoms with Crippen LogP contribution in [0.25, 0.3) is 78.1 Å². The van der Waals surface area contributed by atoms with Crippen LogP contribution in [0, 0.1) is 0 Å². The molecule has 46 heavy (non-hydrogen) atoms. The van der Waals surface area contributed by atoms with Crippen LogP contribution in [0.3, 0.4) is 0 Å². The number of hydrogen-bond acceptors (Lipinski definition) is 3. The van der Waals surface area contributed by atoms with Gasteiger partial charge in [-0.25, -0.2) is 9.97 Å². The van der Waals surface area contributed by atoms with Crippen molar-refractivity contribution in [3.63, 3.8) is 0 Å². The molecule has 1 aliphatic rings. The summed E-state index contributed by atoms with van der Waals surface area (Å²) in [5.41, 5.74) is 14.2. The van der Waals surface area contributed by atoms with E-state index in [-0.39, 0.29) is 5.41 Å². The van der Waals surface area contributed by atoms with Crippen LogP contribution in [-0.4, -0.2) is 9.97 Å². The van der Waals surface area contributed by atoms with Crippen molar-refractivity contribution in [3.8, 4) is 56.2 Å². The molecule has 2 heterocycles. The van der Waals surface area contributed by atoms with Crippen LogP contribution < -0.4 is 0 Å². The van der Waals surface area contributed by atoms with Gasteiger partial charge < -0.3 is 4.42 Å². The van der Waals surface area contributed by atoms with Crippen LogP contribution in [0.2, 0.25) is 0 Å². The molecule has 0 saturated heterocycles. The molecule has 3 heteroatoms. The summed E-state index contributed by atoms with van der Waals surface area (Å²) in [5.74, 6) is 0.703. The zero-order valence-electron chi connectivity index (χ0n) is 25.7. The van der Waals surface area contributed by atoms with Crippen molar-refractivity contribution in [2.75, 3.05) is 0 Å². The molecule has 0 amide bonds. The van der Waals surface area contributed by atoms with Crippen LogP contribution >= 0.6 is 0 Å². The lowest BCUT2D eigenvalue weighted by atomic mass is 9.82. The minimum Gasteiger partial charge on any atom is -0.456 e. The van der Waals surface area contributed by atoms with E-state index >= 15 is 0 Å². The van der Waals surface area contributed by atoms with Crippen molar-refractivity contribution in [1.29, 1.82) is 0 Å². The van der Waals surface area contributed by atoms with Gasteiger partial charge in [0.05, 0.1) is 11.4 Å². The zero-order chi connectivity index (χ0) is 30.8. The van der Waals surface area contributed by atoms with E-state index in [1.807, 2.05) is 24.3 Å². The third-order valence-corrected chi connectivity index (χ3v) is 9.51. The molecule has 0 atom stereocenters. The molecule has 0 radical (unpaired) electrons. The second-order valence-electron chi connectivity index (χ2n) is 12.6. The van der Waals surface area contributed by atoms with Gasteiger partial charge in [-0.1, -0.05) is 123 Å². The summed E-state index contributed by atoms with van der Waals surface area (Å²) in [6, 6.07) is 51.1. The Kier molecular flexibility index (Phi) is 5.85. The molecule has 1 aliphatic carbocycles. The van der Waals surface area contributed by atoms with Crippen molar-refractivity contribution < 1.29 is 4.42 Å². The molecule has 0 bridgehead atoms. The summed E-state index contributed by atoms with van der Waals surface area (Å²) in [4.78, 5) is 10.1. The number of benzene rings is 6. The Bertz CT molecular complexity index is 2420. The maximum atomic E-state index is 6.46. The lowest BCUT2D eigenvalue weighted by Crippen LogP contribution is -2.14. The zero-order valence-corrected chi connectivity index (χ0v) is 25.7. The van der Waals surface area contributed by atoms with Crippen molar-refractivity contribution in [3.05, 3.63) is 157 Å². The van der Waals surface area contributed by atoms with Crippen molar-refractivity contribution in [1.82, 2.24) is 9.97 Å². The van der Waals surface area contributed by atoms with Gasteiger partial charge in [0.2, 0.25) is 0 Å². The molecule has 8 aromatic rings. The lowest BCUT2D eigenvalue weighted by Gasteiger charge is -2.21. The van der Waals surface area contributed by atoms with Gasteiger partial charge >= 0.3 is 0 Å². The highest BCUT2D eigenvalue weighted by molar-refractivity contribution is 6.09. The van der Waals surface area contributed by atoms with Gasteiger partial charge in [0.25, 0.3) is 0 Å². The fraction of sp³-hybridized carbons (Fsp3) is 0.0698. The fourth-order valence-electron chi connectivity index (χ4n) is 7.05. The molecule has 3 nitrogen and oxygen atoms in total. The molecule has 0 aliphatic heterocycles. The summed E-state index contributed by atoms with van der Waals surface area (Å²) in [5, 5.41) is 2.21. The van der Waals surface area contributed by atoms with E-state index in [1.54, 1.807) is 0 Å². The summed E-state index contributed by atoms with van der Waals surface area (Å²) in [6.45, 7) is 4.60. The average molecular weight is 591 g/mol. The van der Waals surface area contributed by atoms with Crippen LogP contribution in [0.15, 0.2) is 150 Å². The molecule has 0 N–H and O–H groups in total. The molecule has 218 valence electrons. The first kappa shape index (κ1) is 26.6. The summed E-state index contributed by atoms with van der Waals surface area (Å²) in [6.07, 6.45) is 0. The molecule has 6 aromatic carbocycles. The quantitative estimate of drug-likeness (QED) is 0.205. The Morgan fingerprint density at radius 2 is 1.02 bits per heavy atom. The third kappa shape index (κ3) is 4.20. The number of aromatic nitrogens is 2. The van der Waals surface area contributed by atoms with Crippen LogP contribution in [0.4, 0.5) is 0 Å². The number of rotatable bonds is 4. The SMILES string of the molecule is CC1(C)c2ccccc2-c2cc3c(cc21)oc1ccc(-c2cc(-c4ccc(-c5ccccc5)cc4)nc(-c4ccccc4)n2)cc13. The van der Waals surface area contributed by atoms with Crippen LogP contribution in [-0.2, 0) is 5.41 Å². The molecule has 0 saturated carbocycles. The average Bonchev–Trinajstić information content (AvgIpc) is 3.59. The predicted octanol–water partition coefficient (Wildman–Crippen LogP) is 11.4. The van der Waals surface area contributed by atoms with E-state index < -0.39 is 0 Å². The van der Waals surface area contributed by atoms with Crippen molar-refractivity contribution in [2.45, 2.75) is 19.3 Å². The smallest absolute Gasteiger partial charge is 0.160 e. The van der Waals surface area contributed by atoms with Gasteiger partial charge in [0, 0.05) is 32.9 Å². The lowest BCUT2D eigenvalue weighted by molar-refractivity contribution is 0.647. The highest BCUT2D eigenvalue weighted by Gasteiger charge is 2.36. The first-order valence-corrected chi connectivity index (χ1v) is 15.7. The molecular formula is C43H30N2O. The number of nitrogens with zero attached hydrogens (tertiary/aromatic N) is 2. The summed E-state index contributed by atoms with van der Waals surface area (Å²) in [7, 11) is 0. The minimum atomic E-state index is -0.0747. The van der Waals surface area contributed by atoms with Crippen LogP contribution in [0.5, 0.6) is 0 Å². The Morgan fingerprint density at radius 1 is 0.435 bits per heavy atom. The van der Waals surface area contributed by atoms with Crippen molar-refractivity contribution >= 4 is 21.9 Å². The maximum absolute atomic E-state index is 6.46. The highest BCUT2D eigenvalue weighted by atomic mass is 16.3. The third-order valence-electron chi connectivity index (χ3n) is 9.51. The number of hydrogen-bond donors (Lipinski definition) is 0. The number of furan rings is 1. The Morgan fingerprint density at radius 3 is 1.78 bits per heavy atom. The minimum absolute atomic E-state index is 0.0747. The van der Waals surface area contributed by atoms with Gasteiger partial charge in [-0.05, 0) is 69.8 Å². The first-order valence-electron chi connectivity index (χ1n) is 15.7. The molecule has 0 fully saturated rings. The molecular weight excluding hydrogens is 560 g/mol. The second-order valence-corrected chi connectivity index (χ2v) is 12.6. The van der Waals surface area contributed by atoms with Gasteiger partial charge in [-0.3, -0.25) is 0 Å². The number of fused-ring (bicyclic) bond motifs is 6. The summed E-state index contributed by atoms with van der Waals surface area (Å²) < 4.78 is 6.46. The van der Waals surface area contributed by atoms with E-state index in [2.05, 4.69) is 135 Å². The molecule has 0 unspecified atom stereocenters. The standard InChI is InChI=1S/C43H30N2O/c1-43(2)36-16-10-9-15-32(36)33-24-35-34-23-31(21-22-40(34)46-41(35)25-37(33)43)39-26-38(44-42(45-39)30-13-7-4-8-14-30)29-19-17-28(18-20-29)27-11-5-3-6-12-27/h3-26H,1-2H3. The van der Waals surface area contributed by atoms with Gasteiger partial charge in [0.1, 0.15) is 11.2 Å². The van der Waals surface area contributed by atoms with E-state index in [1.165, 1.54) is 33.4 Å². The Hall–Kier alpha value is -5.80. The Balaban J connectivity index is 1.19. The first-order chi connectivity index (χ1) is 22.5. The fourth-order valence-corrected chi connectivity index (χ4v) is 7.05. The van der Waals surface area contributed by atoms with Gasteiger partial charge in [0.15, 0.2) is 5.82 Å². The van der Waals surface area contributed by atoms with E-state index in [0.29, 0.717) is 5.82 Å². The predicted molar refractivity (Wildman–Crippen MR) is 189 cm³/mol. The van der Waals surface area contributed by atoms with Crippen molar-refractivity contribution in [2.24, 2.45) is 0 Å². The monoisotopic (exact) mass is 590 g/mol. The Labute approximate surface area is 267 Å². The van der Waals surface area contributed by atoms with E-state index in [0.717, 1.165) is 50.0 Å². The van der Waals surface area contributed by atoms with Gasteiger partial charge in [-0.15, -0.1) is 0 Å². The highest BCUT2D eigenvalue weighted by Crippen LogP contribution is 2.50.